The molecule has 0 spiro atoms. The highest BCUT2D eigenvalue weighted by Crippen LogP contribution is 2.29. The highest BCUT2D eigenvalue weighted by Gasteiger charge is 2.40. The molecule has 4 heterocycles. The zero-order valence-electron chi connectivity index (χ0n) is 18.4. The summed E-state index contributed by atoms with van der Waals surface area (Å²) in [7, 11) is 0. The molecule has 1 aromatic carbocycles. The Balaban J connectivity index is 1.42. The van der Waals surface area contributed by atoms with Crippen molar-refractivity contribution in [3.63, 3.8) is 0 Å². The second kappa shape index (κ2) is 9.19. The number of aromatic nitrogens is 2. The number of fused-ring (bicyclic) bond motifs is 2. The molecule has 1 saturated heterocycles. The Labute approximate surface area is 202 Å². The molecule has 1 atom stereocenters. The topological polar surface area (TPSA) is 108 Å². The van der Waals surface area contributed by atoms with E-state index in [0.29, 0.717) is 19.2 Å². The van der Waals surface area contributed by atoms with E-state index in [2.05, 4.69) is 15.2 Å². The van der Waals surface area contributed by atoms with Crippen LogP contribution in [-0.4, -0.2) is 55.5 Å². The van der Waals surface area contributed by atoms with Gasteiger partial charge in [0.2, 0.25) is 5.43 Å². The number of carbonyl (C=O) groups is 2. The molecule has 0 saturated carbocycles. The van der Waals surface area contributed by atoms with Gasteiger partial charge in [0.1, 0.15) is 28.4 Å². The average molecular weight is 502 g/mol. The van der Waals surface area contributed by atoms with Crippen molar-refractivity contribution < 1.29 is 23.5 Å². The van der Waals surface area contributed by atoms with Gasteiger partial charge < -0.3 is 19.9 Å². The molecular formula is C23H21F2N5O4S. The van der Waals surface area contributed by atoms with Crippen molar-refractivity contribution in [2.75, 3.05) is 13.1 Å². The van der Waals surface area contributed by atoms with Gasteiger partial charge in [0.05, 0.1) is 13.1 Å². The maximum absolute atomic E-state index is 13.9. The molecular weight excluding hydrogens is 480 g/mol. The van der Waals surface area contributed by atoms with Gasteiger partial charge in [0, 0.05) is 49.0 Å². The number of halogens is 2. The fraction of sp³-hybridized carbons (Fsp3) is 0.304. The van der Waals surface area contributed by atoms with Crippen LogP contribution in [0.5, 0.6) is 5.75 Å². The Bertz CT molecular complexity index is 1360. The minimum Gasteiger partial charge on any atom is -0.503 e. The number of thiazole rings is 1. The number of nitrogens with one attached hydrogen (secondary N) is 1. The normalized spacial score (nSPS) is 17.7. The third kappa shape index (κ3) is 4.30. The van der Waals surface area contributed by atoms with Crippen LogP contribution in [0.1, 0.15) is 37.8 Å². The third-order valence-electron chi connectivity index (χ3n) is 6.23. The summed E-state index contributed by atoms with van der Waals surface area (Å²) in [5.74, 6) is -3.71. The summed E-state index contributed by atoms with van der Waals surface area (Å²) in [6, 6.07) is 2.94. The summed E-state index contributed by atoms with van der Waals surface area (Å²) in [6.45, 7) is 1.73. The lowest BCUT2D eigenvalue weighted by Crippen LogP contribution is -2.60. The highest BCUT2D eigenvalue weighted by molar-refractivity contribution is 7.09. The monoisotopic (exact) mass is 501 g/mol. The molecule has 2 amide bonds. The first kappa shape index (κ1) is 23.1. The predicted molar refractivity (Wildman–Crippen MR) is 122 cm³/mol. The van der Waals surface area contributed by atoms with Gasteiger partial charge in [0.15, 0.2) is 11.4 Å². The standard InChI is InChI=1S/C23H21F2N5O4S/c24-14-3-2-13(16(25)8-14)9-27-22(33)15-10-29-12-18-28(11-17-26-4-7-35-17)5-1-6-30(18)23(34)19(29)21(32)20(15)31/h2-4,7-8,10,18,32H,1,5-6,9,11-12H2,(H,27,33). The molecule has 1 fully saturated rings. The predicted octanol–water partition coefficient (Wildman–Crippen LogP) is 1.91. The lowest BCUT2D eigenvalue weighted by atomic mass is 10.1. The molecule has 182 valence electrons. The molecule has 9 nitrogen and oxygen atoms in total. The first-order valence-corrected chi connectivity index (χ1v) is 11.8. The first-order chi connectivity index (χ1) is 16.8. The molecule has 0 aliphatic carbocycles. The van der Waals surface area contributed by atoms with Crippen molar-refractivity contribution in [1.82, 2.24) is 24.7 Å². The number of aromatic hydroxyl groups is 1. The summed E-state index contributed by atoms with van der Waals surface area (Å²) in [5, 5.41) is 15.8. The number of amides is 2. The molecule has 2 aliphatic heterocycles. The fourth-order valence-corrected chi connectivity index (χ4v) is 5.15. The molecule has 12 heteroatoms. The van der Waals surface area contributed by atoms with E-state index < -0.39 is 34.6 Å². The van der Waals surface area contributed by atoms with Crippen LogP contribution in [0.4, 0.5) is 8.78 Å². The Morgan fingerprint density at radius 1 is 1.26 bits per heavy atom. The van der Waals surface area contributed by atoms with Gasteiger partial charge >= 0.3 is 0 Å². The average Bonchev–Trinajstić information content (AvgIpc) is 3.34. The van der Waals surface area contributed by atoms with Crippen molar-refractivity contribution in [2.24, 2.45) is 0 Å². The lowest BCUT2D eigenvalue weighted by Gasteiger charge is -2.47. The molecule has 1 unspecified atom stereocenters. The van der Waals surface area contributed by atoms with E-state index in [1.165, 1.54) is 28.2 Å². The van der Waals surface area contributed by atoms with Crippen molar-refractivity contribution in [3.05, 3.63) is 79.7 Å². The first-order valence-electron chi connectivity index (χ1n) is 11.0. The molecule has 2 aliphatic rings. The van der Waals surface area contributed by atoms with Crippen LogP contribution in [0.15, 0.2) is 40.8 Å². The van der Waals surface area contributed by atoms with Gasteiger partial charge in [-0.15, -0.1) is 11.3 Å². The Morgan fingerprint density at radius 3 is 2.83 bits per heavy atom. The number of carbonyl (C=O) groups excluding carboxylic acids is 2. The maximum Gasteiger partial charge on any atom is 0.275 e. The summed E-state index contributed by atoms with van der Waals surface area (Å²) < 4.78 is 28.4. The Kier molecular flexibility index (Phi) is 6.07. The summed E-state index contributed by atoms with van der Waals surface area (Å²) in [6.07, 6.45) is 3.37. The van der Waals surface area contributed by atoms with Crippen molar-refractivity contribution in [3.8, 4) is 5.75 Å². The van der Waals surface area contributed by atoms with Crippen LogP contribution in [0, 0.1) is 11.6 Å². The molecule has 0 radical (unpaired) electrons. The molecule has 0 bridgehead atoms. The van der Waals surface area contributed by atoms with E-state index in [-0.39, 0.29) is 36.1 Å². The summed E-state index contributed by atoms with van der Waals surface area (Å²) >= 11 is 1.51. The minimum atomic E-state index is -0.989. The van der Waals surface area contributed by atoms with E-state index in [0.717, 1.165) is 24.0 Å². The number of nitrogens with zero attached hydrogens (tertiary/aromatic N) is 4. The van der Waals surface area contributed by atoms with Crippen LogP contribution in [0.3, 0.4) is 0 Å². The van der Waals surface area contributed by atoms with Gasteiger partial charge in [0.25, 0.3) is 11.8 Å². The van der Waals surface area contributed by atoms with E-state index in [9.17, 15) is 28.3 Å². The van der Waals surface area contributed by atoms with Crippen LogP contribution in [0.25, 0.3) is 0 Å². The van der Waals surface area contributed by atoms with Gasteiger partial charge in [-0.2, -0.15) is 0 Å². The fourth-order valence-electron chi connectivity index (χ4n) is 4.51. The number of benzene rings is 1. The Hall–Kier alpha value is -3.64. The number of hydrogen-bond acceptors (Lipinski definition) is 7. The van der Waals surface area contributed by atoms with Crippen LogP contribution in [-0.2, 0) is 19.6 Å². The second-order valence-electron chi connectivity index (χ2n) is 8.37. The van der Waals surface area contributed by atoms with E-state index in [1.807, 2.05) is 5.38 Å². The van der Waals surface area contributed by atoms with Crippen LogP contribution >= 0.6 is 11.3 Å². The quantitative estimate of drug-likeness (QED) is 0.553. The summed E-state index contributed by atoms with van der Waals surface area (Å²) in [4.78, 5) is 46.8. The van der Waals surface area contributed by atoms with Crippen LogP contribution in [0.2, 0.25) is 0 Å². The molecule has 2 aromatic heterocycles. The molecule has 2 N–H and O–H groups in total. The second-order valence-corrected chi connectivity index (χ2v) is 9.35. The third-order valence-corrected chi connectivity index (χ3v) is 6.99. The van der Waals surface area contributed by atoms with Gasteiger partial charge in [-0.25, -0.2) is 13.8 Å². The van der Waals surface area contributed by atoms with Gasteiger partial charge in [-0.3, -0.25) is 19.3 Å². The minimum absolute atomic E-state index is 0.0351. The number of rotatable bonds is 5. The van der Waals surface area contributed by atoms with Crippen molar-refractivity contribution >= 4 is 23.2 Å². The zero-order chi connectivity index (χ0) is 24.7. The Morgan fingerprint density at radius 2 is 2.09 bits per heavy atom. The molecule has 35 heavy (non-hydrogen) atoms. The molecule has 5 rings (SSSR count). The molecule has 3 aromatic rings. The smallest absolute Gasteiger partial charge is 0.275 e. The van der Waals surface area contributed by atoms with E-state index >= 15 is 0 Å². The number of pyridine rings is 1. The zero-order valence-corrected chi connectivity index (χ0v) is 19.2. The maximum atomic E-state index is 13.9. The van der Waals surface area contributed by atoms with Crippen molar-refractivity contribution in [1.29, 1.82) is 0 Å². The van der Waals surface area contributed by atoms with E-state index in [4.69, 9.17) is 0 Å². The van der Waals surface area contributed by atoms with E-state index in [1.54, 1.807) is 11.1 Å². The largest absolute Gasteiger partial charge is 0.503 e. The number of hydrogen-bond donors (Lipinski definition) is 2. The lowest BCUT2D eigenvalue weighted by molar-refractivity contribution is -0.0140. The van der Waals surface area contributed by atoms with Gasteiger partial charge in [-0.05, 0) is 12.5 Å². The van der Waals surface area contributed by atoms with Crippen LogP contribution < -0.4 is 10.7 Å². The SMILES string of the molecule is O=C(NCc1ccc(F)cc1F)c1cn2c(c(O)c1=O)C(=O)N1CCCN(Cc3nccs3)C1C2. The highest BCUT2D eigenvalue weighted by atomic mass is 32.1. The van der Waals surface area contributed by atoms with Gasteiger partial charge in [-0.1, -0.05) is 6.07 Å². The van der Waals surface area contributed by atoms with Crippen molar-refractivity contribution in [2.45, 2.75) is 32.2 Å². The summed E-state index contributed by atoms with van der Waals surface area (Å²) in [5.41, 5.74) is -1.49.